The lowest BCUT2D eigenvalue weighted by Crippen LogP contribution is -2.60. The van der Waals surface area contributed by atoms with Crippen LogP contribution in [0.25, 0.3) is 0 Å². The molecule has 18 heteroatoms. The molecule has 0 aliphatic heterocycles. The molecule has 66 heavy (non-hydrogen) atoms. The third-order valence-corrected chi connectivity index (χ3v) is 13.7. The summed E-state index contributed by atoms with van der Waals surface area (Å²) in [4.78, 5) is 99.3. The van der Waals surface area contributed by atoms with Gasteiger partial charge in [-0.2, -0.15) is 0 Å². The Kier molecular flexibility index (Phi) is 17.2. The van der Waals surface area contributed by atoms with E-state index in [-0.39, 0.29) is 54.0 Å². The van der Waals surface area contributed by atoms with Crippen molar-refractivity contribution < 1.29 is 28.9 Å². The number of hydrogen-bond donors (Lipinski definition) is 3. The first-order chi connectivity index (χ1) is 30.4. The molecule has 3 fully saturated rings. The minimum absolute atomic E-state index is 0.0133. The number of carbonyl (C=O) groups excluding carboxylic acids is 3. The summed E-state index contributed by atoms with van der Waals surface area (Å²) < 4.78 is 3.64. The molecule has 1 heterocycles. The lowest BCUT2D eigenvalue weighted by Gasteiger charge is -2.47. The summed E-state index contributed by atoms with van der Waals surface area (Å²) in [5, 5.41) is 20.7. The quantitative estimate of drug-likeness (QED) is 0.0872. The van der Waals surface area contributed by atoms with E-state index in [0.717, 1.165) is 0 Å². The Morgan fingerprint density at radius 2 is 0.697 bits per heavy atom. The van der Waals surface area contributed by atoms with Crippen molar-refractivity contribution in [2.75, 3.05) is 0 Å². The summed E-state index contributed by atoms with van der Waals surface area (Å²) in [6.45, 7) is 29.6. The molecule has 6 atom stereocenters. The molecule has 0 bridgehead atoms. The highest BCUT2D eigenvalue weighted by Crippen LogP contribution is 2.49. The molecule has 18 nitrogen and oxygen atoms in total. The van der Waals surface area contributed by atoms with E-state index in [9.17, 15) is 14.4 Å². The highest BCUT2D eigenvalue weighted by molar-refractivity contribution is 5.83. The highest BCUT2D eigenvalue weighted by atomic mass is 16.7. The largest absolute Gasteiger partial charge is 0.433 e. The van der Waals surface area contributed by atoms with Gasteiger partial charge < -0.3 is 16.0 Å². The summed E-state index contributed by atoms with van der Waals surface area (Å²) in [7, 11) is 0. The predicted molar refractivity (Wildman–Crippen MR) is 257 cm³/mol. The van der Waals surface area contributed by atoms with E-state index in [2.05, 4.69) is 73.0 Å². The number of oxime groups is 3. The Morgan fingerprint density at radius 1 is 0.470 bits per heavy atom. The SMILES string of the molecule is CCC(C)=NOC(=O)NC1CC(C)(C)CC(C)(Cn2c(=O)n(CC3(C)CC(NC(=O)ON=C(C)CC)CC(C)(C)C3)c(=O)n(CC3(C)CC(NC(=O)ON=C(C)CC)CC(C)(C)C3)c2=O)C1. The third-order valence-electron chi connectivity index (χ3n) is 13.7. The van der Waals surface area contributed by atoms with E-state index in [1.54, 1.807) is 20.8 Å². The summed E-state index contributed by atoms with van der Waals surface area (Å²) in [6, 6.07) is -1.04. The highest BCUT2D eigenvalue weighted by Gasteiger charge is 2.47. The maximum atomic E-state index is 15.0. The van der Waals surface area contributed by atoms with Crippen LogP contribution in [0.3, 0.4) is 0 Å². The molecule has 3 aliphatic rings. The van der Waals surface area contributed by atoms with Gasteiger partial charge in [-0.05, 0) is 130 Å². The van der Waals surface area contributed by atoms with Gasteiger partial charge in [-0.15, -0.1) is 0 Å². The van der Waals surface area contributed by atoms with Crippen LogP contribution in [0.15, 0.2) is 29.9 Å². The molecular formula is C48H81N9O9. The Labute approximate surface area is 391 Å². The normalized spacial score (nSPS) is 28.8. The first-order valence-corrected chi connectivity index (χ1v) is 23.9. The smallest absolute Gasteiger partial charge is 0.317 e. The fourth-order valence-corrected chi connectivity index (χ4v) is 11.9. The zero-order valence-electron chi connectivity index (χ0n) is 42.7. The molecule has 1 aromatic heterocycles. The van der Waals surface area contributed by atoms with Gasteiger partial charge in [-0.1, -0.05) is 98.6 Å². The molecule has 0 saturated heterocycles. The molecular weight excluding hydrogens is 847 g/mol. The second-order valence-electron chi connectivity index (χ2n) is 23.5. The first-order valence-electron chi connectivity index (χ1n) is 23.9. The number of nitrogens with one attached hydrogen (secondary N) is 3. The lowest BCUT2D eigenvalue weighted by molar-refractivity contribution is 0.0399. The molecule has 0 radical (unpaired) electrons. The van der Waals surface area contributed by atoms with Crippen LogP contribution in [0.1, 0.15) is 181 Å². The van der Waals surface area contributed by atoms with E-state index in [1.807, 2.05) is 41.5 Å². The topological polar surface area (TPSA) is 218 Å². The zero-order chi connectivity index (χ0) is 49.6. The van der Waals surface area contributed by atoms with Crippen LogP contribution in [-0.2, 0) is 34.1 Å². The van der Waals surface area contributed by atoms with Gasteiger partial charge in [0, 0.05) is 37.8 Å². The van der Waals surface area contributed by atoms with Gasteiger partial charge >= 0.3 is 35.3 Å². The fourth-order valence-electron chi connectivity index (χ4n) is 11.9. The van der Waals surface area contributed by atoms with Crippen LogP contribution in [0.4, 0.5) is 14.4 Å². The molecule has 0 spiro atoms. The van der Waals surface area contributed by atoms with Gasteiger partial charge in [0.25, 0.3) is 0 Å². The second kappa shape index (κ2) is 21.0. The molecule has 3 N–H and O–H groups in total. The fraction of sp³-hybridized carbons (Fsp3) is 0.812. The number of carbonyl (C=O) groups is 3. The van der Waals surface area contributed by atoms with Gasteiger partial charge in [-0.3, -0.25) is 14.5 Å². The summed E-state index contributed by atoms with van der Waals surface area (Å²) in [5.74, 6) is 0. The van der Waals surface area contributed by atoms with Crippen LogP contribution in [0.2, 0.25) is 0 Å². The van der Waals surface area contributed by atoms with E-state index >= 15 is 14.4 Å². The van der Waals surface area contributed by atoms with Gasteiger partial charge in [0.05, 0.1) is 17.1 Å². The van der Waals surface area contributed by atoms with Crippen molar-refractivity contribution in [2.24, 2.45) is 48.0 Å². The van der Waals surface area contributed by atoms with E-state index in [1.165, 1.54) is 13.7 Å². The van der Waals surface area contributed by atoms with Crippen molar-refractivity contribution in [1.82, 2.24) is 29.7 Å². The van der Waals surface area contributed by atoms with Gasteiger partial charge in [0.2, 0.25) is 0 Å². The summed E-state index contributed by atoms with van der Waals surface area (Å²) >= 11 is 0. The van der Waals surface area contributed by atoms with Crippen molar-refractivity contribution in [1.29, 1.82) is 0 Å². The molecule has 372 valence electrons. The van der Waals surface area contributed by atoms with Gasteiger partial charge in [-0.25, -0.2) is 42.5 Å². The number of nitrogens with zero attached hydrogens (tertiary/aromatic N) is 6. The molecule has 4 rings (SSSR count). The Hall–Kier alpha value is -4.77. The van der Waals surface area contributed by atoms with Gasteiger partial charge in [0.1, 0.15) is 0 Å². The van der Waals surface area contributed by atoms with Gasteiger partial charge in [0.15, 0.2) is 0 Å². The molecule has 1 aromatic rings. The van der Waals surface area contributed by atoms with E-state index in [0.29, 0.717) is 94.2 Å². The van der Waals surface area contributed by atoms with E-state index < -0.39 is 51.6 Å². The maximum absolute atomic E-state index is 15.0. The van der Waals surface area contributed by atoms with Crippen molar-refractivity contribution in [3.63, 3.8) is 0 Å². The molecule has 0 aromatic carbocycles. The van der Waals surface area contributed by atoms with Crippen LogP contribution < -0.4 is 33.0 Å². The van der Waals surface area contributed by atoms with Crippen LogP contribution in [0.5, 0.6) is 0 Å². The predicted octanol–water partition coefficient (Wildman–Crippen LogP) is 8.46. The molecule has 6 unspecified atom stereocenters. The molecule has 3 saturated carbocycles. The summed E-state index contributed by atoms with van der Waals surface area (Å²) in [6.07, 6.45) is 4.93. The lowest BCUT2D eigenvalue weighted by atomic mass is 9.62. The van der Waals surface area contributed by atoms with Crippen molar-refractivity contribution >= 4 is 35.4 Å². The van der Waals surface area contributed by atoms with Crippen molar-refractivity contribution in [2.45, 2.75) is 219 Å². The minimum Gasteiger partial charge on any atom is -0.317 e. The average molecular weight is 928 g/mol. The number of amides is 3. The standard InChI is InChI=1S/C48H81N9O9/c1-16-31(4)52-64-37(58)49-34-19-43(7,8)25-46(13,22-34)28-55-40(61)56(29-47(14)23-35(20-44(9,10)26-47)50-38(59)65-53-32(5)17-2)42(63)57(41(55)62)30-48(15)24-36(21-45(11,12)27-48)51-39(60)66-54-33(6)18-3/h34-36H,16-30H2,1-15H3,(H,49,58)(H,50,59)(H,51,60). The average Bonchev–Trinajstić information content (AvgIpc) is 3.17. The third kappa shape index (κ3) is 15.1. The minimum atomic E-state index is -0.712. The van der Waals surface area contributed by atoms with Crippen LogP contribution in [-0.4, -0.2) is 67.2 Å². The van der Waals surface area contributed by atoms with Crippen molar-refractivity contribution in [3.05, 3.63) is 31.5 Å². The Morgan fingerprint density at radius 3 is 0.909 bits per heavy atom. The zero-order valence-corrected chi connectivity index (χ0v) is 42.7. The maximum Gasteiger partial charge on any atom is 0.433 e. The number of hydrogen-bond acceptors (Lipinski definition) is 12. The molecule has 3 amide bonds. The monoisotopic (exact) mass is 928 g/mol. The number of aromatic nitrogens is 3. The Bertz CT molecular complexity index is 1950. The molecule has 3 aliphatic carbocycles. The van der Waals surface area contributed by atoms with Crippen molar-refractivity contribution in [3.8, 4) is 0 Å². The van der Waals surface area contributed by atoms with E-state index in [4.69, 9.17) is 14.5 Å². The van der Waals surface area contributed by atoms with Crippen LogP contribution >= 0.6 is 0 Å². The second-order valence-corrected chi connectivity index (χ2v) is 23.5. The Balaban J connectivity index is 1.80. The number of rotatable bonds is 15. The summed E-state index contributed by atoms with van der Waals surface area (Å²) in [5.41, 5.74) is -3.08. The first kappa shape index (κ1) is 53.8. The van der Waals surface area contributed by atoms with Crippen LogP contribution in [0, 0.1) is 32.5 Å².